The Morgan fingerprint density at radius 1 is 0.963 bits per heavy atom. The zero-order valence-corrected chi connectivity index (χ0v) is 21.1. The van der Waals surface area contributed by atoms with Gasteiger partial charge >= 0.3 is 172 Å². The van der Waals surface area contributed by atoms with Gasteiger partial charge in [0.05, 0.1) is 0 Å². The van der Waals surface area contributed by atoms with Crippen LogP contribution in [-0.4, -0.2) is 66.2 Å². The maximum atomic E-state index is 12.7. The fourth-order valence-electron chi connectivity index (χ4n) is 4.05. The SMILES string of the molecule is CCCP(Cl)(CCC)(CCC)C(C)OC(=O)NC(CC)[Si](OC)(OC)OC. The van der Waals surface area contributed by atoms with E-state index in [4.69, 9.17) is 29.3 Å². The minimum atomic E-state index is -3.01. The van der Waals surface area contributed by atoms with Crippen molar-refractivity contribution < 1.29 is 22.8 Å². The first-order valence-corrected chi connectivity index (χ1v) is 15.6. The fourth-order valence-corrected chi connectivity index (χ4v) is 13.1. The molecule has 0 spiro atoms. The molecule has 164 valence electrons. The van der Waals surface area contributed by atoms with Crippen LogP contribution in [0.3, 0.4) is 0 Å². The van der Waals surface area contributed by atoms with Crippen LogP contribution < -0.4 is 5.32 Å². The van der Waals surface area contributed by atoms with Crippen molar-refractivity contribution in [1.29, 1.82) is 0 Å². The number of carbonyl (C=O) groups is 1. The molecule has 2 unspecified atom stereocenters. The Bertz CT molecular complexity index is 425. The van der Waals surface area contributed by atoms with Gasteiger partial charge in [-0.05, 0) is 0 Å². The van der Waals surface area contributed by atoms with Gasteiger partial charge in [-0.15, -0.1) is 0 Å². The summed E-state index contributed by atoms with van der Waals surface area (Å²) in [5.74, 6) is -2.99. The van der Waals surface area contributed by atoms with E-state index in [0.717, 1.165) is 37.7 Å². The molecule has 0 saturated heterocycles. The van der Waals surface area contributed by atoms with E-state index in [-0.39, 0.29) is 11.5 Å². The number of ether oxygens (including phenoxy) is 1. The van der Waals surface area contributed by atoms with Crippen LogP contribution in [0.2, 0.25) is 0 Å². The average Bonchev–Trinajstić information content (AvgIpc) is 2.63. The molecule has 0 aliphatic heterocycles. The molecule has 6 nitrogen and oxygen atoms in total. The first-order valence-electron chi connectivity index (χ1n) is 10.00. The summed E-state index contributed by atoms with van der Waals surface area (Å²) in [6, 6.07) is 0. The van der Waals surface area contributed by atoms with Gasteiger partial charge in [-0.3, -0.25) is 0 Å². The Morgan fingerprint density at radius 3 is 1.67 bits per heavy atom. The van der Waals surface area contributed by atoms with Crippen LogP contribution >= 0.6 is 17.2 Å². The summed E-state index contributed by atoms with van der Waals surface area (Å²) in [4.78, 5) is 12.7. The van der Waals surface area contributed by atoms with Gasteiger partial charge in [0.25, 0.3) is 0 Å². The third kappa shape index (κ3) is 6.55. The molecule has 0 bridgehead atoms. The summed E-state index contributed by atoms with van der Waals surface area (Å²) in [5.41, 5.74) is -0.387. The average molecular weight is 446 g/mol. The Kier molecular flexibility index (Phi) is 12.0. The Balaban J connectivity index is 5.44. The Morgan fingerprint density at radius 2 is 1.37 bits per heavy atom. The van der Waals surface area contributed by atoms with E-state index in [0.29, 0.717) is 6.42 Å². The molecule has 0 aromatic rings. The normalized spacial score (nSPS) is 16.3. The zero-order valence-electron chi connectivity index (χ0n) is 18.5. The second-order valence-corrected chi connectivity index (χ2v) is 18.5. The van der Waals surface area contributed by atoms with Crippen molar-refractivity contribution in [2.24, 2.45) is 0 Å². The molecule has 9 heteroatoms. The third-order valence-corrected chi connectivity index (χ3v) is 17.3. The van der Waals surface area contributed by atoms with Crippen molar-refractivity contribution in [2.75, 3.05) is 39.8 Å². The molecule has 27 heavy (non-hydrogen) atoms. The van der Waals surface area contributed by atoms with Crippen molar-refractivity contribution in [3.05, 3.63) is 0 Å². The number of rotatable bonds is 14. The Labute approximate surface area is 172 Å². The van der Waals surface area contributed by atoms with E-state index in [1.807, 2.05) is 13.8 Å². The molecule has 1 amide bonds. The van der Waals surface area contributed by atoms with Crippen LogP contribution in [0.15, 0.2) is 0 Å². The number of amides is 1. The molecular formula is C18H41ClNO5PSi. The van der Waals surface area contributed by atoms with E-state index >= 15 is 0 Å². The van der Waals surface area contributed by atoms with Crippen molar-refractivity contribution in [1.82, 2.24) is 5.32 Å². The number of hydrogen-bond acceptors (Lipinski definition) is 5. The number of hydrogen-bond donors (Lipinski definition) is 1. The van der Waals surface area contributed by atoms with E-state index in [9.17, 15) is 4.79 Å². The molecule has 0 rings (SSSR count). The van der Waals surface area contributed by atoms with E-state index < -0.39 is 20.9 Å². The van der Waals surface area contributed by atoms with Gasteiger partial charge in [-0.2, -0.15) is 0 Å². The molecule has 0 aliphatic rings. The van der Waals surface area contributed by atoms with E-state index in [2.05, 4.69) is 26.1 Å². The van der Waals surface area contributed by atoms with Gasteiger partial charge in [0.1, 0.15) is 0 Å². The first-order chi connectivity index (χ1) is 12.6. The van der Waals surface area contributed by atoms with E-state index in [1.54, 1.807) is 0 Å². The number of halogens is 1. The number of alkyl carbamates (subject to hydrolysis) is 1. The summed E-state index contributed by atoms with van der Waals surface area (Å²) in [6.07, 6.45) is 5.85. The van der Waals surface area contributed by atoms with Gasteiger partial charge in [-0.25, -0.2) is 0 Å². The van der Waals surface area contributed by atoms with Crippen LogP contribution in [0.1, 0.15) is 60.3 Å². The minimum absolute atomic E-state index is 0.307. The summed E-state index contributed by atoms with van der Waals surface area (Å²) in [7, 11) is 1.60. The molecule has 0 aliphatic carbocycles. The van der Waals surface area contributed by atoms with Gasteiger partial charge in [0, 0.05) is 0 Å². The summed E-state index contributed by atoms with van der Waals surface area (Å²) in [6.45, 7) is 10.3. The molecule has 2 atom stereocenters. The van der Waals surface area contributed by atoms with Crippen LogP contribution in [0.25, 0.3) is 0 Å². The van der Waals surface area contributed by atoms with Crippen molar-refractivity contribution in [3.8, 4) is 0 Å². The number of carbonyl (C=O) groups excluding carboxylic acids is 1. The van der Waals surface area contributed by atoms with Crippen molar-refractivity contribution >= 4 is 32.1 Å². The molecular weight excluding hydrogens is 405 g/mol. The summed E-state index contributed by atoms with van der Waals surface area (Å²) in [5, 5.41) is 2.89. The molecule has 0 aromatic carbocycles. The predicted molar refractivity (Wildman–Crippen MR) is 118 cm³/mol. The zero-order chi connectivity index (χ0) is 21.2. The van der Waals surface area contributed by atoms with Crippen molar-refractivity contribution in [2.45, 2.75) is 71.8 Å². The molecule has 0 radical (unpaired) electrons. The first kappa shape index (κ1) is 27.1. The molecule has 0 saturated carbocycles. The van der Waals surface area contributed by atoms with Crippen molar-refractivity contribution in [3.63, 3.8) is 0 Å². The van der Waals surface area contributed by atoms with Gasteiger partial charge in [0.15, 0.2) is 0 Å². The fraction of sp³-hybridized carbons (Fsp3) is 0.944. The van der Waals surface area contributed by atoms with Gasteiger partial charge < -0.3 is 0 Å². The van der Waals surface area contributed by atoms with Gasteiger partial charge in [0.2, 0.25) is 0 Å². The predicted octanol–water partition coefficient (Wildman–Crippen LogP) is 5.19. The molecule has 1 N–H and O–H groups in total. The standard InChI is InChI=1S/C18H41ClNO5PSi/c1-9-13-26(19,14-10-2,15-11-3)16(5)25-18(21)20-17(12-4)27(22-6,23-7)24-8/h16-17H,9-15H2,1-8H3,(H,20,21). The maximum absolute atomic E-state index is 12.7. The molecule has 0 heterocycles. The number of nitrogens with one attached hydrogen (secondary N) is 1. The molecule has 0 aromatic heterocycles. The second kappa shape index (κ2) is 11.9. The van der Waals surface area contributed by atoms with Crippen LogP contribution in [0.4, 0.5) is 4.79 Å². The topological polar surface area (TPSA) is 66.0 Å². The summed E-state index contributed by atoms with van der Waals surface area (Å²) >= 11 is 7.40. The Hall–Kier alpha value is 0.0869. The quantitative estimate of drug-likeness (QED) is 0.294. The third-order valence-electron chi connectivity index (χ3n) is 5.43. The van der Waals surface area contributed by atoms with E-state index in [1.165, 1.54) is 21.3 Å². The van der Waals surface area contributed by atoms with Crippen LogP contribution in [-0.2, 0) is 18.0 Å². The summed E-state index contributed by atoms with van der Waals surface area (Å²) < 4.78 is 22.4. The second-order valence-electron chi connectivity index (χ2n) is 7.17. The van der Waals surface area contributed by atoms with Crippen LogP contribution in [0.5, 0.6) is 0 Å². The monoisotopic (exact) mass is 445 g/mol. The van der Waals surface area contributed by atoms with Gasteiger partial charge in [-0.1, -0.05) is 0 Å². The van der Waals surface area contributed by atoms with Crippen LogP contribution in [0, 0.1) is 0 Å². The molecule has 0 fully saturated rings.